The minimum Gasteiger partial charge on any atom is -0.353 e. The van der Waals surface area contributed by atoms with Gasteiger partial charge in [-0.3, -0.25) is 19.0 Å². The van der Waals surface area contributed by atoms with Crippen molar-refractivity contribution in [1.82, 2.24) is 29.8 Å². The summed E-state index contributed by atoms with van der Waals surface area (Å²) < 4.78 is 3.82. The Hall–Kier alpha value is -2.64. The number of nitrogens with zero attached hydrogens (tertiary/aromatic N) is 5. The summed E-state index contributed by atoms with van der Waals surface area (Å²) in [5, 5.41) is 12.1. The lowest BCUT2D eigenvalue weighted by Crippen LogP contribution is -2.37. The van der Waals surface area contributed by atoms with Gasteiger partial charge in [0.15, 0.2) is 0 Å². The average molecular weight is 399 g/mol. The number of aryl methyl sites for hydroxylation is 5. The van der Waals surface area contributed by atoms with E-state index in [2.05, 4.69) is 15.5 Å². The molecular formula is C21H30N6O2. The molecule has 0 spiro atoms. The molecule has 0 atom stereocenters. The van der Waals surface area contributed by atoms with E-state index in [-0.39, 0.29) is 11.8 Å². The molecular weight excluding hydrogens is 368 g/mol. The first-order valence-corrected chi connectivity index (χ1v) is 10.5. The summed E-state index contributed by atoms with van der Waals surface area (Å²) in [6.07, 6.45) is 4.51. The van der Waals surface area contributed by atoms with Gasteiger partial charge in [-0.25, -0.2) is 0 Å². The molecule has 0 radical (unpaired) electrons. The predicted octanol–water partition coefficient (Wildman–Crippen LogP) is 1.42. The van der Waals surface area contributed by atoms with Crippen LogP contribution in [0.25, 0.3) is 0 Å². The maximum absolute atomic E-state index is 12.8. The molecule has 0 aromatic carbocycles. The molecule has 1 aliphatic carbocycles. The number of fused-ring (bicyclic) bond motifs is 1. The number of nitrogens with one attached hydrogen (secondary N) is 1. The van der Waals surface area contributed by atoms with E-state index in [1.807, 2.05) is 41.2 Å². The van der Waals surface area contributed by atoms with Gasteiger partial charge < -0.3 is 10.2 Å². The largest absolute Gasteiger partial charge is 0.353 e. The Labute approximate surface area is 171 Å². The van der Waals surface area contributed by atoms with Crippen molar-refractivity contribution < 1.29 is 9.59 Å². The van der Waals surface area contributed by atoms with Gasteiger partial charge in [0.25, 0.3) is 0 Å². The van der Waals surface area contributed by atoms with E-state index in [1.54, 1.807) is 0 Å². The van der Waals surface area contributed by atoms with Gasteiger partial charge in [0.05, 0.1) is 11.4 Å². The standard InChI is InChI=1S/C21H30N6O2/c1-14-12-15(2)27(23-14)11-9-21(29)26-10-8-19-17(13-26)18(24-25(19)3)6-7-20(28)22-16-4-5-16/h12,16H,4-11,13H2,1-3H3,(H,22,28). The summed E-state index contributed by atoms with van der Waals surface area (Å²) in [7, 11) is 1.95. The highest BCUT2D eigenvalue weighted by Crippen LogP contribution is 2.24. The molecule has 4 rings (SSSR count). The molecule has 156 valence electrons. The Morgan fingerprint density at radius 2 is 2.00 bits per heavy atom. The third-order valence-corrected chi connectivity index (χ3v) is 5.85. The molecule has 8 heteroatoms. The van der Waals surface area contributed by atoms with Crippen LogP contribution in [0.15, 0.2) is 6.07 Å². The molecule has 1 aliphatic heterocycles. The SMILES string of the molecule is Cc1cc(C)n(CCC(=O)N2CCc3c(c(CCC(=O)NC4CC4)nn3C)C2)n1. The molecule has 8 nitrogen and oxygen atoms in total. The zero-order chi connectivity index (χ0) is 20.5. The molecule has 29 heavy (non-hydrogen) atoms. The number of hydrogen-bond acceptors (Lipinski definition) is 4. The molecule has 1 N–H and O–H groups in total. The van der Waals surface area contributed by atoms with Crippen molar-refractivity contribution in [2.24, 2.45) is 7.05 Å². The van der Waals surface area contributed by atoms with Crippen molar-refractivity contribution in [3.63, 3.8) is 0 Å². The number of rotatable bonds is 7. The van der Waals surface area contributed by atoms with Crippen molar-refractivity contribution in [2.75, 3.05) is 6.54 Å². The van der Waals surface area contributed by atoms with Crippen LogP contribution in [0, 0.1) is 13.8 Å². The van der Waals surface area contributed by atoms with Crippen LogP contribution in [0.5, 0.6) is 0 Å². The van der Waals surface area contributed by atoms with Gasteiger partial charge >= 0.3 is 0 Å². The minimum absolute atomic E-state index is 0.0977. The first-order valence-electron chi connectivity index (χ1n) is 10.5. The molecule has 0 saturated heterocycles. The molecule has 3 heterocycles. The zero-order valence-electron chi connectivity index (χ0n) is 17.6. The summed E-state index contributed by atoms with van der Waals surface area (Å²) in [6.45, 7) is 5.87. The van der Waals surface area contributed by atoms with Crippen molar-refractivity contribution in [3.05, 3.63) is 34.4 Å². The van der Waals surface area contributed by atoms with Crippen LogP contribution in [0.4, 0.5) is 0 Å². The fraction of sp³-hybridized carbons (Fsp3) is 0.619. The van der Waals surface area contributed by atoms with Crippen LogP contribution < -0.4 is 5.32 Å². The Balaban J connectivity index is 1.36. The first kappa shape index (κ1) is 19.7. The summed E-state index contributed by atoms with van der Waals surface area (Å²) in [4.78, 5) is 26.8. The molecule has 2 aliphatic rings. The van der Waals surface area contributed by atoms with E-state index in [9.17, 15) is 9.59 Å². The molecule has 1 fully saturated rings. The summed E-state index contributed by atoms with van der Waals surface area (Å²) in [5.41, 5.74) is 5.31. The van der Waals surface area contributed by atoms with Crippen LogP contribution in [0.2, 0.25) is 0 Å². The highest BCUT2D eigenvalue weighted by atomic mass is 16.2. The van der Waals surface area contributed by atoms with Crippen molar-refractivity contribution in [2.45, 2.75) is 71.5 Å². The van der Waals surface area contributed by atoms with Gasteiger partial charge in [0.2, 0.25) is 11.8 Å². The molecule has 0 unspecified atom stereocenters. The Bertz CT molecular complexity index is 924. The third-order valence-electron chi connectivity index (χ3n) is 5.85. The summed E-state index contributed by atoms with van der Waals surface area (Å²) in [6, 6.07) is 2.41. The Morgan fingerprint density at radius 1 is 1.21 bits per heavy atom. The van der Waals surface area contributed by atoms with E-state index in [0.717, 1.165) is 41.9 Å². The highest BCUT2D eigenvalue weighted by Gasteiger charge is 2.27. The van der Waals surface area contributed by atoms with Crippen molar-refractivity contribution in [3.8, 4) is 0 Å². The van der Waals surface area contributed by atoms with Gasteiger partial charge in [-0.15, -0.1) is 0 Å². The lowest BCUT2D eigenvalue weighted by Gasteiger charge is -2.28. The molecule has 0 bridgehead atoms. The first-order chi connectivity index (χ1) is 13.9. The third kappa shape index (κ3) is 4.52. The van der Waals surface area contributed by atoms with Crippen LogP contribution in [-0.2, 0) is 42.6 Å². The predicted molar refractivity (Wildman–Crippen MR) is 108 cm³/mol. The summed E-state index contributed by atoms with van der Waals surface area (Å²) >= 11 is 0. The molecule has 2 amide bonds. The number of amides is 2. The zero-order valence-corrected chi connectivity index (χ0v) is 17.6. The molecule has 1 saturated carbocycles. The maximum atomic E-state index is 12.8. The van der Waals surface area contributed by atoms with E-state index in [0.29, 0.717) is 44.9 Å². The van der Waals surface area contributed by atoms with Gasteiger partial charge in [-0.05, 0) is 32.8 Å². The lowest BCUT2D eigenvalue weighted by molar-refractivity contribution is -0.132. The summed E-state index contributed by atoms with van der Waals surface area (Å²) in [5.74, 6) is 0.241. The average Bonchev–Trinajstić information content (AvgIpc) is 3.36. The van der Waals surface area contributed by atoms with Crippen molar-refractivity contribution in [1.29, 1.82) is 0 Å². The quantitative estimate of drug-likeness (QED) is 0.764. The van der Waals surface area contributed by atoms with Crippen LogP contribution in [0.3, 0.4) is 0 Å². The maximum Gasteiger partial charge on any atom is 0.224 e. The van der Waals surface area contributed by atoms with E-state index >= 15 is 0 Å². The van der Waals surface area contributed by atoms with E-state index in [1.165, 1.54) is 5.69 Å². The van der Waals surface area contributed by atoms with E-state index < -0.39 is 0 Å². The smallest absolute Gasteiger partial charge is 0.224 e. The van der Waals surface area contributed by atoms with Crippen LogP contribution in [0.1, 0.15) is 54.0 Å². The lowest BCUT2D eigenvalue weighted by atomic mass is 10.0. The minimum atomic E-state index is 0.0977. The highest BCUT2D eigenvalue weighted by molar-refractivity contribution is 5.77. The van der Waals surface area contributed by atoms with E-state index in [4.69, 9.17) is 0 Å². The second-order valence-corrected chi connectivity index (χ2v) is 8.30. The normalized spacial score (nSPS) is 16.0. The van der Waals surface area contributed by atoms with Crippen LogP contribution in [-0.4, -0.2) is 48.9 Å². The van der Waals surface area contributed by atoms with Crippen LogP contribution >= 0.6 is 0 Å². The Morgan fingerprint density at radius 3 is 2.69 bits per heavy atom. The van der Waals surface area contributed by atoms with Gasteiger partial charge in [0, 0.05) is 75.4 Å². The molecule has 2 aromatic rings. The molecule has 2 aromatic heterocycles. The second kappa shape index (κ2) is 8.00. The topological polar surface area (TPSA) is 85.0 Å². The number of carbonyl (C=O) groups is 2. The fourth-order valence-corrected chi connectivity index (χ4v) is 4.10. The fourth-order valence-electron chi connectivity index (χ4n) is 4.10. The van der Waals surface area contributed by atoms with Gasteiger partial charge in [-0.2, -0.15) is 10.2 Å². The number of carbonyl (C=O) groups excluding carboxylic acids is 2. The number of hydrogen-bond donors (Lipinski definition) is 1. The number of aromatic nitrogens is 4. The van der Waals surface area contributed by atoms with Gasteiger partial charge in [-0.1, -0.05) is 0 Å². The van der Waals surface area contributed by atoms with Gasteiger partial charge in [0.1, 0.15) is 0 Å². The monoisotopic (exact) mass is 398 g/mol. The van der Waals surface area contributed by atoms with Crippen molar-refractivity contribution >= 4 is 11.8 Å². The Kier molecular flexibility index (Phi) is 5.43. The second-order valence-electron chi connectivity index (χ2n) is 8.30.